The van der Waals surface area contributed by atoms with E-state index in [1.807, 2.05) is 18.3 Å². The van der Waals surface area contributed by atoms with E-state index in [9.17, 15) is 0 Å². The Kier molecular flexibility index (Phi) is 6.05. The van der Waals surface area contributed by atoms with Crippen LogP contribution in [0.3, 0.4) is 0 Å². The van der Waals surface area contributed by atoms with Crippen molar-refractivity contribution in [3.05, 3.63) is 120 Å². The number of para-hydroxylation sites is 1. The smallest absolute Gasteiger partial charge is 0.194 e. The van der Waals surface area contributed by atoms with Crippen LogP contribution in [0.1, 0.15) is 30.2 Å². The van der Waals surface area contributed by atoms with Crippen molar-refractivity contribution in [3.8, 4) is 16.6 Å². The Morgan fingerprint density at radius 2 is 1.57 bits per heavy atom. The predicted octanol–water partition coefficient (Wildman–Crippen LogP) is 8.86. The van der Waals surface area contributed by atoms with Gasteiger partial charge in [0.25, 0.3) is 0 Å². The third-order valence-corrected chi connectivity index (χ3v) is 8.71. The monoisotopic (exact) mass is 542 g/mol. The highest BCUT2D eigenvalue weighted by Crippen LogP contribution is 2.38. The fraction of sp³-hybridized carbons (Fsp3) is 0.147. The molecule has 0 saturated heterocycles. The Balaban J connectivity index is 1.23. The van der Waals surface area contributed by atoms with Crippen LogP contribution >= 0.6 is 11.3 Å². The minimum atomic E-state index is 0.444. The zero-order chi connectivity index (χ0) is 27.2. The zero-order valence-corrected chi connectivity index (χ0v) is 23.6. The van der Waals surface area contributed by atoms with Crippen LogP contribution in [-0.4, -0.2) is 28.2 Å². The lowest BCUT2D eigenvalue weighted by Gasteiger charge is -2.20. The molecule has 2 aromatic heterocycles. The average Bonchev–Trinajstić information content (AvgIpc) is 3.69. The van der Waals surface area contributed by atoms with E-state index >= 15 is 0 Å². The molecule has 1 aliphatic rings. The zero-order valence-electron chi connectivity index (χ0n) is 22.8. The van der Waals surface area contributed by atoms with Crippen LogP contribution in [-0.2, 0) is 0 Å². The fourth-order valence-electron chi connectivity index (χ4n) is 5.38. The van der Waals surface area contributed by atoms with E-state index in [0.29, 0.717) is 5.92 Å². The summed E-state index contributed by atoms with van der Waals surface area (Å²) >= 11 is 1.75. The van der Waals surface area contributed by atoms with Crippen molar-refractivity contribution in [2.24, 2.45) is 0 Å². The highest BCUT2D eigenvalue weighted by molar-refractivity contribution is 7.14. The first-order valence-corrected chi connectivity index (χ1v) is 14.4. The number of thiazole rings is 1. The van der Waals surface area contributed by atoms with Crippen molar-refractivity contribution >= 4 is 44.5 Å². The molecule has 0 aliphatic carbocycles. The Bertz CT molecular complexity index is 1870. The molecule has 40 heavy (non-hydrogen) atoms. The van der Waals surface area contributed by atoms with Gasteiger partial charge in [-0.1, -0.05) is 68.4 Å². The molecule has 7 rings (SSSR count). The van der Waals surface area contributed by atoms with Gasteiger partial charge in [0.15, 0.2) is 5.13 Å². The summed E-state index contributed by atoms with van der Waals surface area (Å²) < 4.78 is 8.73. The summed E-state index contributed by atoms with van der Waals surface area (Å²) in [5.74, 6) is 2.05. The van der Waals surface area contributed by atoms with E-state index in [1.54, 1.807) is 11.3 Å². The Hall–Kier alpha value is -4.55. The standard InChI is InChI=1S/C34H30N4OS/c1-23(2)33-20-35-34(40-33)38-30-15-8-7-14-28(30)29-17-16-27(19-31(29)38)39-26-13-9-12-25(18-26)37-21-32(36(3)22-37)24-10-5-4-6-11-24/h4-21,23H,22H2,1-3H3. The first-order chi connectivity index (χ1) is 19.5. The van der Waals surface area contributed by atoms with Gasteiger partial charge in [-0.2, -0.15) is 0 Å². The van der Waals surface area contributed by atoms with Crippen LogP contribution in [0, 0.1) is 0 Å². The molecule has 0 amide bonds. The molecule has 0 radical (unpaired) electrons. The number of anilines is 1. The molecule has 0 bridgehead atoms. The van der Waals surface area contributed by atoms with Gasteiger partial charge in [-0.3, -0.25) is 4.57 Å². The molecule has 3 heterocycles. The topological polar surface area (TPSA) is 33.5 Å². The summed E-state index contributed by atoms with van der Waals surface area (Å²) in [4.78, 5) is 10.6. The SMILES string of the molecule is CC(C)c1cnc(-n2c3ccccc3c3ccc(Oc4cccc(N5C=C(c6ccccc6)N(C)C5)c4)cc32)s1. The molecular formula is C34H30N4OS. The van der Waals surface area contributed by atoms with Gasteiger partial charge in [0.05, 0.1) is 23.4 Å². The average molecular weight is 543 g/mol. The maximum absolute atomic E-state index is 6.46. The molecule has 6 heteroatoms. The number of fused-ring (bicyclic) bond motifs is 3. The maximum atomic E-state index is 6.46. The molecule has 0 atom stereocenters. The number of benzene rings is 4. The molecular weight excluding hydrogens is 512 g/mol. The summed E-state index contributed by atoms with van der Waals surface area (Å²) in [6.45, 7) is 5.20. The fourth-order valence-corrected chi connectivity index (χ4v) is 6.33. The van der Waals surface area contributed by atoms with Crippen LogP contribution in [0.15, 0.2) is 109 Å². The van der Waals surface area contributed by atoms with E-state index in [-0.39, 0.29) is 0 Å². The largest absolute Gasteiger partial charge is 0.457 e. The van der Waals surface area contributed by atoms with Gasteiger partial charge in [0, 0.05) is 52.9 Å². The van der Waals surface area contributed by atoms with Crippen LogP contribution in [0.25, 0.3) is 32.6 Å². The molecule has 0 N–H and O–H groups in total. The quantitative estimate of drug-likeness (QED) is 0.210. The number of hydrogen-bond donors (Lipinski definition) is 0. The van der Waals surface area contributed by atoms with Crippen molar-refractivity contribution in [1.29, 1.82) is 0 Å². The van der Waals surface area contributed by atoms with Gasteiger partial charge < -0.3 is 14.5 Å². The van der Waals surface area contributed by atoms with Gasteiger partial charge >= 0.3 is 0 Å². The van der Waals surface area contributed by atoms with Crippen LogP contribution in [0.4, 0.5) is 5.69 Å². The van der Waals surface area contributed by atoms with Gasteiger partial charge in [-0.15, -0.1) is 11.3 Å². The Morgan fingerprint density at radius 3 is 2.40 bits per heavy atom. The molecule has 6 aromatic rings. The summed E-state index contributed by atoms with van der Waals surface area (Å²) in [6.07, 6.45) is 4.21. The minimum absolute atomic E-state index is 0.444. The van der Waals surface area contributed by atoms with Crippen LogP contribution in [0.2, 0.25) is 0 Å². The van der Waals surface area contributed by atoms with Crippen molar-refractivity contribution in [2.75, 3.05) is 18.6 Å². The summed E-state index contributed by atoms with van der Waals surface area (Å²) in [5, 5.41) is 3.39. The third-order valence-electron chi connectivity index (χ3n) is 7.43. The van der Waals surface area contributed by atoms with E-state index < -0.39 is 0 Å². The number of hydrogen-bond acceptors (Lipinski definition) is 5. The molecule has 0 saturated carbocycles. The lowest BCUT2D eigenvalue weighted by Crippen LogP contribution is -2.22. The summed E-state index contributed by atoms with van der Waals surface area (Å²) in [6, 6.07) is 33.7. The molecule has 198 valence electrons. The molecule has 0 spiro atoms. The van der Waals surface area contributed by atoms with E-state index in [0.717, 1.165) is 40.0 Å². The van der Waals surface area contributed by atoms with Crippen molar-refractivity contribution < 1.29 is 4.74 Å². The number of rotatable bonds is 6. The van der Waals surface area contributed by atoms with Crippen LogP contribution in [0.5, 0.6) is 11.5 Å². The molecule has 4 aromatic carbocycles. The van der Waals surface area contributed by atoms with Crippen molar-refractivity contribution in [1.82, 2.24) is 14.5 Å². The van der Waals surface area contributed by atoms with Crippen LogP contribution < -0.4 is 9.64 Å². The van der Waals surface area contributed by atoms with Gasteiger partial charge in [0.2, 0.25) is 0 Å². The number of ether oxygens (including phenoxy) is 1. The molecule has 5 nitrogen and oxygen atoms in total. The second-order valence-corrected chi connectivity index (χ2v) is 11.6. The van der Waals surface area contributed by atoms with E-state index in [4.69, 9.17) is 9.72 Å². The summed E-state index contributed by atoms with van der Waals surface area (Å²) in [7, 11) is 2.13. The second kappa shape index (κ2) is 9.88. The Morgan fingerprint density at radius 1 is 0.800 bits per heavy atom. The van der Waals surface area contributed by atoms with Gasteiger partial charge in [-0.25, -0.2) is 4.98 Å². The second-order valence-electron chi connectivity index (χ2n) is 10.5. The molecule has 0 fully saturated rings. The minimum Gasteiger partial charge on any atom is -0.457 e. The normalized spacial score (nSPS) is 13.6. The van der Waals surface area contributed by atoms with Crippen molar-refractivity contribution in [2.45, 2.75) is 19.8 Å². The molecule has 0 unspecified atom stereocenters. The Labute approximate surface area is 238 Å². The van der Waals surface area contributed by atoms with E-state index in [2.05, 4.69) is 126 Å². The predicted molar refractivity (Wildman–Crippen MR) is 167 cm³/mol. The third kappa shape index (κ3) is 4.31. The first kappa shape index (κ1) is 24.5. The van der Waals surface area contributed by atoms with Crippen molar-refractivity contribution in [3.63, 3.8) is 0 Å². The van der Waals surface area contributed by atoms with E-state index in [1.165, 1.54) is 26.9 Å². The molecule has 1 aliphatic heterocycles. The first-order valence-electron chi connectivity index (χ1n) is 13.6. The van der Waals surface area contributed by atoms with Gasteiger partial charge in [0.1, 0.15) is 11.5 Å². The highest BCUT2D eigenvalue weighted by Gasteiger charge is 2.21. The lowest BCUT2D eigenvalue weighted by atomic mass is 10.1. The lowest BCUT2D eigenvalue weighted by molar-refractivity contribution is 0.482. The maximum Gasteiger partial charge on any atom is 0.194 e. The number of aromatic nitrogens is 2. The van der Waals surface area contributed by atoms with Gasteiger partial charge in [-0.05, 0) is 41.8 Å². The summed E-state index contributed by atoms with van der Waals surface area (Å²) in [5.41, 5.74) is 5.75. The highest BCUT2D eigenvalue weighted by atomic mass is 32.1. The number of nitrogens with zero attached hydrogens (tertiary/aromatic N) is 4.